The number of hydrogen-bond donors (Lipinski definition) is 2. The van der Waals surface area contributed by atoms with Crippen LogP contribution in [0.25, 0.3) is 11.0 Å². The van der Waals surface area contributed by atoms with E-state index in [0.717, 1.165) is 12.5 Å². The maximum absolute atomic E-state index is 13.7. The normalized spacial score (nSPS) is 15.4. The fourth-order valence-electron chi connectivity index (χ4n) is 3.11. The summed E-state index contributed by atoms with van der Waals surface area (Å²) in [4.78, 5) is 24.9. The standard InChI is InChI=1S/C20H23FN2O4/c1-3-15(23-20(25)16-5-4-7-26-12(16)2)11-22-19(24)17-10-14(21)9-13-6-8-27-18(13)17/h6,8-10,15H,3-5,7,11H2,1-2H3,(H,22,24)(H,23,25). The van der Waals surface area contributed by atoms with Gasteiger partial charge in [-0.3, -0.25) is 9.59 Å². The van der Waals surface area contributed by atoms with Gasteiger partial charge in [-0.25, -0.2) is 4.39 Å². The molecule has 0 saturated carbocycles. The van der Waals surface area contributed by atoms with E-state index < -0.39 is 11.7 Å². The van der Waals surface area contributed by atoms with Crippen LogP contribution in [0, 0.1) is 5.82 Å². The molecule has 1 aliphatic heterocycles. The average molecular weight is 374 g/mol. The van der Waals surface area contributed by atoms with Crippen molar-refractivity contribution >= 4 is 22.8 Å². The van der Waals surface area contributed by atoms with Crippen molar-refractivity contribution in [1.29, 1.82) is 0 Å². The first-order valence-electron chi connectivity index (χ1n) is 9.08. The monoisotopic (exact) mass is 374 g/mol. The second-order valence-corrected chi connectivity index (χ2v) is 6.57. The Kier molecular flexibility index (Phi) is 5.78. The highest BCUT2D eigenvalue weighted by Crippen LogP contribution is 2.22. The number of ether oxygens (including phenoxy) is 1. The third-order valence-electron chi connectivity index (χ3n) is 4.69. The molecule has 27 heavy (non-hydrogen) atoms. The van der Waals surface area contributed by atoms with Crippen LogP contribution in [0.1, 0.15) is 43.5 Å². The van der Waals surface area contributed by atoms with E-state index in [1.165, 1.54) is 12.3 Å². The minimum atomic E-state index is -0.505. The maximum atomic E-state index is 13.7. The maximum Gasteiger partial charge on any atom is 0.255 e. The lowest BCUT2D eigenvalue weighted by Gasteiger charge is -2.22. The molecule has 2 heterocycles. The summed E-state index contributed by atoms with van der Waals surface area (Å²) in [6, 6.07) is 3.82. The van der Waals surface area contributed by atoms with E-state index in [1.54, 1.807) is 13.0 Å². The fourth-order valence-corrected chi connectivity index (χ4v) is 3.11. The number of rotatable bonds is 6. The molecule has 0 aliphatic carbocycles. The van der Waals surface area contributed by atoms with E-state index in [9.17, 15) is 14.0 Å². The van der Waals surface area contributed by atoms with Crippen LogP contribution < -0.4 is 10.6 Å². The van der Waals surface area contributed by atoms with Gasteiger partial charge >= 0.3 is 0 Å². The Bertz CT molecular complexity index is 887. The highest BCUT2D eigenvalue weighted by Gasteiger charge is 2.21. The average Bonchev–Trinajstić information content (AvgIpc) is 3.12. The molecule has 3 rings (SSSR count). The minimum Gasteiger partial charge on any atom is -0.498 e. The van der Waals surface area contributed by atoms with E-state index in [4.69, 9.17) is 9.15 Å². The summed E-state index contributed by atoms with van der Waals surface area (Å²) < 4.78 is 24.4. The number of benzene rings is 1. The molecule has 1 unspecified atom stereocenters. The first kappa shape index (κ1) is 18.9. The van der Waals surface area contributed by atoms with Crippen molar-refractivity contribution in [2.75, 3.05) is 13.2 Å². The van der Waals surface area contributed by atoms with Crippen molar-refractivity contribution in [3.63, 3.8) is 0 Å². The molecule has 0 spiro atoms. The first-order valence-corrected chi connectivity index (χ1v) is 9.08. The first-order chi connectivity index (χ1) is 13.0. The van der Waals surface area contributed by atoms with Gasteiger partial charge in [0.2, 0.25) is 0 Å². The molecule has 0 bridgehead atoms. The number of carbonyl (C=O) groups is 2. The molecule has 1 atom stereocenters. The van der Waals surface area contributed by atoms with Gasteiger partial charge in [0.25, 0.3) is 11.8 Å². The second-order valence-electron chi connectivity index (χ2n) is 6.57. The summed E-state index contributed by atoms with van der Waals surface area (Å²) >= 11 is 0. The zero-order valence-corrected chi connectivity index (χ0v) is 15.4. The van der Waals surface area contributed by atoms with Crippen LogP contribution in [0.15, 0.2) is 40.2 Å². The fraction of sp³-hybridized carbons (Fsp3) is 0.400. The molecular weight excluding hydrogens is 351 g/mol. The summed E-state index contributed by atoms with van der Waals surface area (Å²) in [6.45, 7) is 4.57. The van der Waals surface area contributed by atoms with Gasteiger partial charge in [-0.05, 0) is 44.4 Å². The van der Waals surface area contributed by atoms with E-state index in [1.807, 2.05) is 6.92 Å². The molecule has 0 radical (unpaired) electrons. The Labute approximate surface area is 156 Å². The molecule has 7 heteroatoms. The number of fused-ring (bicyclic) bond motifs is 1. The molecular formula is C20H23FN2O4. The van der Waals surface area contributed by atoms with Crippen molar-refractivity contribution in [2.24, 2.45) is 0 Å². The number of carbonyl (C=O) groups excluding carboxylic acids is 2. The van der Waals surface area contributed by atoms with Crippen LogP contribution in [0.2, 0.25) is 0 Å². The number of halogens is 1. The van der Waals surface area contributed by atoms with Crippen molar-refractivity contribution in [3.05, 3.63) is 47.2 Å². The third kappa shape index (κ3) is 4.30. The molecule has 144 valence electrons. The summed E-state index contributed by atoms with van der Waals surface area (Å²) in [6.07, 6.45) is 3.54. The Morgan fingerprint density at radius 2 is 2.11 bits per heavy atom. The summed E-state index contributed by atoms with van der Waals surface area (Å²) in [5.41, 5.74) is 1.12. The number of furan rings is 1. The molecule has 1 aromatic heterocycles. The van der Waals surface area contributed by atoms with Gasteiger partial charge in [-0.1, -0.05) is 6.92 Å². The Morgan fingerprint density at radius 1 is 1.30 bits per heavy atom. The predicted molar refractivity (Wildman–Crippen MR) is 98.6 cm³/mol. The van der Waals surface area contributed by atoms with Crippen LogP contribution in [0.3, 0.4) is 0 Å². The highest BCUT2D eigenvalue weighted by atomic mass is 19.1. The lowest BCUT2D eigenvalue weighted by Crippen LogP contribution is -2.44. The van der Waals surface area contributed by atoms with Crippen LogP contribution in [-0.4, -0.2) is 31.0 Å². The molecule has 6 nitrogen and oxygen atoms in total. The topological polar surface area (TPSA) is 80.6 Å². The van der Waals surface area contributed by atoms with E-state index in [-0.39, 0.29) is 24.1 Å². The van der Waals surface area contributed by atoms with Crippen molar-refractivity contribution < 1.29 is 23.1 Å². The van der Waals surface area contributed by atoms with E-state index in [0.29, 0.717) is 41.8 Å². The van der Waals surface area contributed by atoms with Crippen LogP contribution in [0.4, 0.5) is 4.39 Å². The Hall–Kier alpha value is -2.83. The summed E-state index contributed by atoms with van der Waals surface area (Å²) in [7, 11) is 0. The third-order valence-corrected chi connectivity index (χ3v) is 4.69. The zero-order valence-electron chi connectivity index (χ0n) is 15.4. The lowest BCUT2D eigenvalue weighted by atomic mass is 10.1. The van der Waals surface area contributed by atoms with Gasteiger partial charge in [-0.2, -0.15) is 0 Å². The van der Waals surface area contributed by atoms with Crippen molar-refractivity contribution in [2.45, 2.75) is 39.2 Å². The molecule has 0 saturated heterocycles. The quantitative estimate of drug-likeness (QED) is 0.813. The number of hydrogen-bond acceptors (Lipinski definition) is 4. The number of allylic oxidation sites excluding steroid dienone is 1. The van der Waals surface area contributed by atoms with Crippen LogP contribution in [0.5, 0.6) is 0 Å². The highest BCUT2D eigenvalue weighted by molar-refractivity contribution is 6.05. The SMILES string of the molecule is CCC(CNC(=O)c1cc(F)cc2ccoc12)NC(=O)C1=C(C)OCCC1. The molecule has 2 amide bonds. The Balaban J connectivity index is 1.64. The van der Waals surface area contributed by atoms with Crippen LogP contribution >= 0.6 is 0 Å². The molecule has 2 aromatic rings. The largest absolute Gasteiger partial charge is 0.498 e. The van der Waals surface area contributed by atoms with Crippen LogP contribution in [-0.2, 0) is 9.53 Å². The number of nitrogens with one attached hydrogen (secondary N) is 2. The number of amides is 2. The second kappa shape index (κ2) is 8.24. The lowest BCUT2D eigenvalue weighted by molar-refractivity contribution is -0.118. The molecule has 1 aromatic carbocycles. The van der Waals surface area contributed by atoms with Gasteiger partial charge in [0.1, 0.15) is 17.2 Å². The minimum absolute atomic E-state index is 0.135. The van der Waals surface area contributed by atoms with E-state index in [2.05, 4.69) is 10.6 Å². The van der Waals surface area contributed by atoms with Gasteiger partial charge in [-0.15, -0.1) is 0 Å². The van der Waals surface area contributed by atoms with Crippen molar-refractivity contribution in [1.82, 2.24) is 10.6 Å². The van der Waals surface area contributed by atoms with E-state index >= 15 is 0 Å². The smallest absolute Gasteiger partial charge is 0.255 e. The molecule has 0 fully saturated rings. The van der Waals surface area contributed by atoms with Gasteiger partial charge in [0.05, 0.1) is 24.0 Å². The van der Waals surface area contributed by atoms with Gasteiger partial charge < -0.3 is 19.8 Å². The summed E-state index contributed by atoms with van der Waals surface area (Å²) in [5.74, 6) is -0.474. The molecule has 1 aliphatic rings. The Morgan fingerprint density at radius 3 is 2.85 bits per heavy atom. The van der Waals surface area contributed by atoms with Gasteiger partial charge in [0.15, 0.2) is 0 Å². The van der Waals surface area contributed by atoms with Gasteiger partial charge in [0, 0.05) is 18.0 Å². The summed E-state index contributed by atoms with van der Waals surface area (Å²) in [5, 5.41) is 6.21. The van der Waals surface area contributed by atoms with Crippen molar-refractivity contribution in [3.8, 4) is 0 Å². The molecule has 2 N–H and O–H groups in total. The zero-order chi connectivity index (χ0) is 19.4. The predicted octanol–water partition coefficient (Wildman–Crippen LogP) is 3.28.